The molecule has 3 aromatic rings. The molecule has 3 aliphatic carbocycles. The van der Waals surface area contributed by atoms with Crippen LogP contribution in [0, 0.1) is 17.8 Å². The average Bonchev–Trinajstić information content (AvgIpc) is 3.31. The number of benzene rings is 2. The van der Waals surface area contributed by atoms with E-state index in [1.807, 2.05) is 36.5 Å². The smallest absolute Gasteiger partial charge is 0.329 e. The van der Waals surface area contributed by atoms with Crippen LogP contribution in [0.2, 0.25) is 5.02 Å². The number of fused-ring (bicyclic) bond motifs is 4. The van der Waals surface area contributed by atoms with E-state index < -0.39 is 11.5 Å². The van der Waals surface area contributed by atoms with Crippen LogP contribution in [0.5, 0.6) is 17.2 Å². The number of nitrogens with one attached hydrogen (secondary N) is 1. The van der Waals surface area contributed by atoms with Gasteiger partial charge in [-0.15, -0.1) is 0 Å². The van der Waals surface area contributed by atoms with Gasteiger partial charge in [-0.2, -0.15) is 0 Å². The van der Waals surface area contributed by atoms with Crippen molar-refractivity contribution in [1.29, 1.82) is 0 Å². The van der Waals surface area contributed by atoms with Gasteiger partial charge in [0, 0.05) is 53.3 Å². The summed E-state index contributed by atoms with van der Waals surface area (Å²) in [5, 5.41) is 14.7. The Bertz CT molecular complexity index is 1800. The number of likely N-dealkylation sites (N-methyl/N-ethyl adjacent to an activating group) is 1. The summed E-state index contributed by atoms with van der Waals surface area (Å²) < 4.78 is 25.4. The van der Waals surface area contributed by atoms with Gasteiger partial charge in [0.25, 0.3) is 0 Å². The summed E-state index contributed by atoms with van der Waals surface area (Å²) in [5.74, 6) is 2.70. The molecular formula is C44H56ClN3O6. The van der Waals surface area contributed by atoms with E-state index in [1.54, 1.807) is 0 Å². The number of aryl methyl sites for hydroxylation is 1. The van der Waals surface area contributed by atoms with Crippen LogP contribution in [0.1, 0.15) is 87.1 Å². The lowest BCUT2D eigenvalue weighted by molar-refractivity contribution is -0.144. The number of anilines is 1. The Balaban J connectivity index is 1.02. The lowest BCUT2D eigenvalue weighted by Crippen LogP contribution is -2.53. The number of carboxylic acid groups (broad SMARTS) is 1. The lowest BCUT2D eigenvalue weighted by atomic mass is 9.59. The van der Waals surface area contributed by atoms with Gasteiger partial charge in [-0.25, -0.2) is 4.79 Å². The van der Waals surface area contributed by atoms with Crippen molar-refractivity contribution >= 4 is 23.3 Å². The molecule has 54 heavy (non-hydrogen) atoms. The summed E-state index contributed by atoms with van der Waals surface area (Å²) in [6.07, 6.45) is 13.0. The molecule has 1 spiro atoms. The molecule has 3 unspecified atom stereocenters. The van der Waals surface area contributed by atoms with Crippen molar-refractivity contribution in [2.75, 3.05) is 51.9 Å². The predicted molar refractivity (Wildman–Crippen MR) is 210 cm³/mol. The topological polar surface area (TPSA) is 102 Å². The number of halogens is 1. The van der Waals surface area contributed by atoms with E-state index in [9.17, 15) is 9.90 Å². The highest BCUT2D eigenvalue weighted by molar-refractivity contribution is 6.30. The Labute approximate surface area is 325 Å². The van der Waals surface area contributed by atoms with E-state index >= 15 is 0 Å². The zero-order chi connectivity index (χ0) is 37.3. The molecule has 5 aliphatic rings. The number of carboxylic acids is 1. The van der Waals surface area contributed by atoms with E-state index in [4.69, 9.17) is 30.5 Å². The second kappa shape index (κ2) is 15.9. The number of carbonyl (C=O) groups is 1. The molecule has 2 fully saturated rings. The second-order valence-electron chi connectivity index (χ2n) is 16.9. The van der Waals surface area contributed by atoms with E-state index in [0.29, 0.717) is 55.6 Å². The molecule has 2 aromatic carbocycles. The summed E-state index contributed by atoms with van der Waals surface area (Å²) in [7, 11) is 2.19. The molecule has 8 rings (SSSR count). The highest BCUT2D eigenvalue weighted by Crippen LogP contribution is 2.58. The molecule has 1 aromatic heterocycles. The summed E-state index contributed by atoms with van der Waals surface area (Å²) in [4.78, 5) is 20.1. The van der Waals surface area contributed by atoms with E-state index in [1.165, 1.54) is 35.2 Å². The van der Waals surface area contributed by atoms with Crippen LogP contribution in [0.25, 0.3) is 0 Å². The minimum atomic E-state index is -1.08. The maximum atomic E-state index is 13.1. The molecule has 0 amide bonds. The number of rotatable bonds is 11. The number of pyridine rings is 1. The normalized spacial score (nSPS) is 28.2. The monoisotopic (exact) mass is 757 g/mol. The number of aliphatic carboxylic acids is 1. The number of nitrogens with zero attached hydrogens (tertiary/aromatic N) is 2. The quantitative estimate of drug-likeness (QED) is 0.201. The van der Waals surface area contributed by atoms with Crippen LogP contribution >= 0.6 is 11.6 Å². The van der Waals surface area contributed by atoms with Crippen molar-refractivity contribution in [3.05, 3.63) is 76.1 Å². The zero-order valence-corrected chi connectivity index (χ0v) is 32.7. The maximum absolute atomic E-state index is 13.1. The first-order valence-electron chi connectivity index (χ1n) is 20.3. The third-order valence-electron chi connectivity index (χ3n) is 13.2. The molecule has 9 nitrogen and oxygen atoms in total. The maximum Gasteiger partial charge on any atom is 0.329 e. The molecule has 0 bridgehead atoms. The van der Waals surface area contributed by atoms with Crippen molar-refractivity contribution in [1.82, 2.24) is 9.88 Å². The van der Waals surface area contributed by atoms with Gasteiger partial charge < -0.3 is 34.3 Å². The van der Waals surface area contributed by atoms with Crippen LogP contribution in [0.4, 0.5) is 5.69 Å². The van der Waals surface area contributed by atoms with Crippen LogP contribution in [0.15, 0.2) is 48.7 Å². The highest BCUT2D eigenvalue weighted by atomic mass is 35.5. The number of hydrogen-bond donors (Lipinski definition) is 2. The summed E-state index contributed by atoms with van der Waals surface area (Å²) in [6, 6.07) is 14.3. The van der Waals surface area contributed by atoms with Crippen LogP contribution in [-0.2, 0) is 34.2 Å². The van der Waals surface area contributed by atoms with Gasteiger partial charge in [-0.3, -0.25) is 4.98 Å². The van der Waals surface area contributed by atoms with Gasteiger partial charge >= 0.3 is 5.97 Å². The third kappa shape index (κ3) is 7.65. The Morgan fingerprint density at radius 1 is 1.06 bits per heavy atom. The first-order valence-corrected chi connectivity index (χ1v) is 20.7. The van der Waals surface area contributed by atoms with Gasteiger partial charge in [-0.05, 0) is 149 Å². The fourth-order valence-corrected chi connectivity index (χ4v) is 10.4. The Kier molecular flexibility index (Phi) is 11.0. The second-order valence-corrected chi connectivity index (χ2v) is 17.4. The van der Waals surface area contributed by atoms with Crippen molar-refractivity contribution in [3.8, 4) is 17.2 Å². The van der Waals surface area contributed by atoms with Crippen LogP contribution in [0.3, 0.4) is 0 Å². The largest absolute Gasteiger partial charge is 0.493 e. The third-order valence-corrected chi connectivity index (χ3v) is 13.5. The first kappa shape index (κ1) is 37.4. The minimum Gasteiger partial charge on any atom is -0.493 e. The first-order chi connectivity index (χ1) is 26.2. The molecule has 1 saturated carbocycles. The van der Waals surface area contributed by atoms with Crippen LogP contribution < -0.4 is 19.5 Å². The van der Waals surface area contributed by atoms with E-state index in [-0.39, 0.29) is 11.3 Å². The Hall–Kier alpha value is -3.53. The highest BCUT2D eigenvalue weighted by Gasteiger charge is 2.54. The van der Waals surface area contributed by atoms with Crippen molar-refractivity contribution < 1.29 is 28.8 Å². The molecule has 0 radical (unpaired) electrons. The van der Waals surface area contributed by atoms with Crippen LogP contribution in [-0.4, -0.2) is 79.2 Å². The molecule has 2 aliphatic heterocycles. The summed E-state index contributed by atoms with van der Waals surface area (Å²) in [6.45, 7) is 6.69. The van der Waals surface area contributed by atoms with Gasteiger partial charge in [0.1, 0.15) is 11.3 Å². The molecule has 290 valence electrons. The van der Waals surface area contributed by atoms with Gasteiger partial charge in [0.15, 0.2) is 11.5 Å². The van der Waals surface area contributed by atoms with Crippen molar-refractivity contribution in [2.45, 2.75) is 101 Å². The molecule has 10 heteroatoms. The number of hydrogen-bond acceptors (Lipinski definition) is 8. The van der Waals surface area contributed by atoms with E-state index in [2.05, 4.69) is 41.3 Å². The molecular weight excluding hydrogens is 702 g/mol. The lowest BCUT2D eigenvalue weighted by Gasteiger charge is -2.47. The minimum absolute atomic E-state index is 0.181. The summed E-state index contributed by atoms with van der Waals surface area (Å²) >= 11 is 6.32. The molecule has 3 heterocycles. The van der Waals surface area contributed by atoms with E-state index in [0.717, 1.165) is 94.1 Å². The average molecular weight is 758 g/mol. The van der Waals surface area contributed by atoms with Crippen molar-refractivity contribution in [3.63, 3.8) is 0 Å². The zero-order valence-electron chi connectivity index (χ0n) is 31.9. The van der Waals surface area contributed by atoms with Gasteiger partial charge in [-0.1, -0.05) is 24.6 Å². The van der Waals surface area contributed by atoms with Crippen molar-refractivity contribution in [2.24, 2.45) is 17.8 Å². The van der Waals surface area contributed by atoms with Gasteiger partial charge in [0.05, 0.1) is 26.4 Å². The fraction of sp³-hybridized carbons (Fsp3) is 0.591. The SMILES string of the molecule is C[C@@H](COc1ccnc2c1CCCC2)CC1Cc2cc3c(cc2C12CCC(Nc1cccc(Cl)c1)(C(=O)O)CC2)OCC(CN(C)C1CCCOC1)CO3. The standard InChI is InChI=1S/C44H56ClN3O6/c1-29(25-52-39-12-17-46-38-11-4-3-10-36(38)39)19-32-20-31-21-40-41(54-27-30(26-53-40)24-48(2)35-9-6-18-51-28-35)23-37(31)43(32)13-15-44(16-14-43,42(49)50)47-34-8-5-7-33(45)22-34/h5,7-8,12,17,21-23,29-30,32,35,47H,3-4,6,9-11,13-16,18-20,24-28H2,1-2H3,(H,49,50)/t29-,30?,32?,35?,43?,44?/m1/s1. The Morgan fingerprint density at radius 2 is 1.85 bits per heavy atom. The predicted octanol–water partition coefficient (Wildman–Crippen LogP) is 8.14. The number of aromatic nitrogens is 1. The molecule has 1 saturated heterocycles. The molecule has 2 N–H and O–H groups in total. The Morgan fingerprint density at radius 3 is 2.61 bits per heavy atom. The molecule has 4 atom stereocenters. The van der Waals surface area contributed by atoms with Gasteiger partial charge in [0.2, 0.25) is 0 Å². The summed E-state index contributed by atoms with van der Waals surface area (Å²) in [5.41, 5.74) is 4.56. The number of ether oxygens (including phenoxy) is 4. The fourth-order valence-electron chi connectivity index (χ4n) is 10.2.